The van der Waals surface area contributed by atoms with Crippen LogP contribution in [0, 0.1) is 0 Å². The maximum Gasteiger partial charge on any atom is 0.417 e. The van der Waals surface area contributed by atoms with Gasteiger partial charge in [0.05, 0.1) is 11.1 Å². The van der Waals surface area contributed by atoms with Crippen molar-refractivity contribution in [3.8, 4) is 11.1 Å². The van der Waals surface area contributed by atoms with Crippen LogP contribution in [0.5, 0.6) is 0 Å². The summed E-state index contributed by atoms with van der Waals surface area (Å²) < 4.78 is 81.4. The number of hydrogen-bond acceptors (Lipinski definition) is 3. The molecule has 32 heavy (non-hydrogen) atoms. The summed E-state index contributed by atoms with van der Waals surface area (Å²) in [5.74, 6) is -0.758. The summed E-state index contributed by atoms with van der Waals surface area (Å²) in [7, 11) is 0. The molecule has 0 aliphatic carbocycles. The number of aldehydes is 1. The number of carbonyl (C=O) groups excluding carboxylic acids is 2. The number of nitrogen functional groups attached to an aromatic ring is 1. The molecule has 0 spiro atoms. The van der Waals surface area contributed by atoms with Gasteiger partial charge in [-0.25, -0.2) is 0 Å². The van der Waals surface area contributed by atoms with E-state index in [-0.39, 0.29) is 16.9 Å². The van der Waals surface area contributed by atoms with Gasteiger partial charge in [0.15, 0.2) is 0 Å². The predicted octanol–water partition coefficient (Wildman–Crippen LogP) is 6.04. The van der Waals surface area contributed by atoms with Crippen molar-refractivity contribution in [2.75, 3.05) is 11.1 Å². The zero-order valence-electron chi connectivity index (χ0n) is 16.0. The lowest BCUT2D eigenvalue weighted by Gasteiger charge is -2.19. The Labute approximate surface area is 177 Å². The topological polar surface area (TPSA) is 72.2 Å². The SMILES string of the molecule is Nc1ccc(-c2ccc(NC(=O)c3ccc(C=O)cc3)cc2C(F)(F)F)c(C(F)(F)F)c1. The summed E-state index contributed by atoms with van der Waals surface area (Å²) in [6, 6.07) is 10.3. The first-order chi connectivity index (χ1) is 14.9. The van der Waals surface area contributed by atoms with Crippen molar-refractivity contribution < 1.29 is 35.9 Å². The van der Waals surface area contributed by atoms with Gasteiger partial charge in [-0.3, -0.25) is 9.59 Å². The molecule has 0 aliphatic heterocycles. The molecule has 0 radical (unpaired) electrons. The molecule has 0 heterocycles. The van der Waals surface area contributed by atoms with Crippen LogP contribution in [-0.2, 0) is 12.4 Å². The molecule has 0 unspecified atom stereocenters. The van der Waals surface area contributed by atoms with Crippen LogP contribution in [0.15, 0.2) is 60.7 Å². The van der Waals surface area contributed by atoms with E-state index < -0.39 is 40.5 Å². The summed E-state index contributed by atoms with van der Waals surface area (Å²) in [6.45, 7) is 0. The van der Waals surface area contributed by atoms with Crippen molar-refractivity contribution in [3.05, 3.63) is 82.9 Å². The molecule has 166 valence electrons. The Morgan fingerprint density at radius 2 is 1.31 bits per heavy atom. The molecule has 0 aliphatic rings. The Bertz CT molecular complexity index is 1170. The van der Waals surface area contributed by atoms with Gasteiger partial charge in [0.25, 0.3) is 5.91 Å². The molecule has 1 amide bonds. The maximum atomic E-state index is 13.7. The van der Waals surface area contributed by atoms with Crippen LogP contribution in [0.2, 0.25) is 0 Å². The summed E-state index contributed by atoms with van der Waals surface area (Å²) >= 11 is 0. The van der Waals surface area contributed by atoms with E-state index in [0.29, 0.717) is 24.0 Å². The average Bonchev–Trinajstić information content (AvgIpc) is 2.72. The number of carbonyl (C=O) groups is 2. The molecule has 3 aromatic carbocycles. The van der Waals surface area contributed by atoms with E-state index in [2.05, 4.69) is 5.32 Å². The highest BCUT2D eigenvalue weighted by molar-refractivity contribution is 6.04. The molecule has 10 heteroatoms. The lowest BCUT2D eigenvalue weighted by Crippen LogP contribution is -2.15. The van der Waals surface area contributed by atoms with Crippen molar-refractivity contribution in [3.63, 3.8) is 0 Å². The first kappa shape index (κ1) is 22.9. The third-order valence-electron chi connectivity index (χ3n) is 4.53. The fraction of sp³-hybridized carbons (Fsp3) is 0.0909. The number of benzene rings is 3. The molecule has 4 nitrogen and oxygen atoms in total. The van der Waals surface area contributed by atoms with Crippen LogP contribution < -0.4 is 11.1 Å². The quantitative estimate of drug-likeness (QED) is 0.288. The number of alkyl halides is 6. The van der Waals surface area contributed by atoms with Gasteiger partial charge in [-0.15, -0.1) is 0 Å². The molecule has 3 rings (SSSR count). The van der Waals surface area contributed by atoms with Gasteiger partial charge in [-0.2, -0.15) is 26.3 Å². The van der Waals surface area contributed by atoms with Crippen LogP contribution in [0.4, 0.5) is 37.7 Å². The highest BCUT2D eigenvalue weighted by atomic mass is 19.4. The molecule has 0 atom stereocenters. The van der Waals surface area contributed by atoms with Gasteiger partial charge in [0.1, 0.15) is 6.29 Å². The summed E-state index contributed by atoms with van der Waals surface area (Å²) in [5.41, 5.74) is 1.17. The van der Waals surface area contributed by atoms with Crippen molar-refractivity contribution in [2.24, 2.45) is 0 Å². The second-order valence-electron chi connectivity index (χ2n) is 6.75. The lowest BCUT2D eigenvalue weighted by molar-refractivity contribution is -0.139. The Morgan fingerprint density at radius 1 is 0.781 bits per heavy atom. The smallest absolute Gasteiger partial charge is 0.399 e. The molecule has 0 saturated heterocycles. The van der Waals surface area contributed by atoms with Crippen LogP contribution >= 0.6 is 0 Å². The fourth-order valence-electron chi connectivity index (χ4n) is 3.04. The van der Waals surface area contributed by atoms with E-state index in [0.717, 1.165) is 24.3 Å². The van der Waals surface area contributed by atoms with Gasteiger partial charge in [-0.05, 0) is 47.5 Å². The first-order valence-corrected chi connectivity index (χ1v) is 8.95. The number of halogens is 6. The summed E-state index contributed by atoms with van der Waals surface area (Å²) in [6.07, 6.45) is -9.39. The minimum Gasteiger partial charge on any atom is -0.399 e. The molecule has 3 N–H and O–H groups in total. The van der Waals surface area contributed by atoms with Crippen molar-refractivity contribution >= 4 is 23.6 Å². The third-order valence-corrected chi connectivity index (χ3v) is 4.53. The van der Waals surface area contributed by atoms with E-state index in [1.54, 1.807) is 0 Å². The Hall–Kier alpha value is -3.82. The van der Waals surface area contributed by atoms with Crippen molar-refractivity contribution in [2.45, 2.75) is 12.4 Å². The highest BCUT2D eigenvalue weighted by Crippen LogP contribution is 2.44. The molecular formula is C22H14F6N2O2. The minimum absolute atomic E-state index is 0.0751. The zero-order valence-corrected chi connectivity index (χ0v) is 16.0. The van der Waals surface area contributed by atoms with E-state index >= 15 is 0 Å². The van der Waals surface area contributed by atoms with Gasteiger partial charge < -0.3 is 11.1 Å². The second kappa shape index (κ2) is 8.37. The monoisotopic (exact) mass is 452 g/mol. The van der Waals surface area contributed by atoms with Gasteiger partial charge in [0.2, 0.25) is 0 Å². The number of hydrogen-bond donors (Lipinski definition) is 2. The zero-order chi connectivity index (χ0) is 23.7. The second-order valence-corrected chi connectivity index (χ2v) is 6.75. The summed E-state index contributed by atoms with van der Waals surface area (Å²) in [5, 5.41) is 2.27. The third kappa shape index (κ3) is 4.90. The largest absolute Gasteiger partial charge is 0.417 e. The average molecular weight is 452 g/mol. The fourth-order valence-corrected chi connectivity index (χ4v) is 3.04. The lowest BCUT2D eigenvalue weighted by atomic mass is 9.93. The Morgan fingerprint density at radius 3 is 1.84 bits per heavy atom. The molecule has 0 saturated carbocycles. The molecule has 0 bridgehead atoms. The van der Waals surface area contributed by atoms with Crippen LogP contribution in [0.1, 0.15) is 31.8 Å². The van der Waals surface area contributed by atoms with Crippen LogP contribution in [-0.4, -0.2) is 12.2 Å². The normalized spacial score (nSPS) is 11.8. The maximum absolute atomic E-state index is 13.7. The van der Waals surface area contributed by atoms with E-state index in [9.17, 15) is 35.9 Å². The van der Waals surface area contributed by atoms with E-state index in [1.807, 2.05) is 0 Å². The number of nitrogens with two attached hydrogens (primary N) is 1. The number of nitrogens with one attached hydrogen (secondary N) is 1. The molecule has 0 fully saturated rings. The first-order valence-electron chi connectivity index (χ1n) is 8.95. The van der Waals surface area contributed by atoms with Gasteiger partial charge in [0, 0.05) is 22.5 Å². The van der Waals surface area contributed by atoms with Gasteiger partial charge >= 0.3 is 12.4 Å². The van der Waals surface area contributed by atoms with E-state index in [1.165, 1.54) is 24.3 Å². The number of rotatable bonds is 4. The highest BCUT2D eigenvalue weighted by Gasteiger charge is 2.38. The molecular weight excluding hydrogens is 438 g/mol. The van der Waals surface area contributed by atoms with Gasteiger partial charge in [-0.1, -0.05) is 24.3 Å². The molecule has 3 aromatic rings. The Balaban J connectivity index is 2.04. The summed E-state index contributed by atoms with van der Waals surface area (Å²) in [4.78, 5) is 23.0. The molecule has 0 aromatic heterocycles. The van der Waals surface area contributed by atoms with Crippen molar-refractivity contribution in [1.29, 1.82) is 0 Å². The minimum atomic E-state index is -5.01. The Kier molecular flexibility index (Phi) is 5.98. The number of anilines is 2. The van der Waals surface area contributed by atoms with Crippen LogP contribution in [0.3, 0.4) is 0 Å². The van der Waals surface area contributed by atoms with E-state index in [4.69, 9.17) is 5.73 Å². The predicted molar refractivity (Wildman–Crippen MR) is 106 cm³/mol. The van der Waals surface area contributed by atoms with Crippen molar-refractivity contribution in [1.82, 2.24) is 0 Å². The standard InChI is InChI=1S/C22H14F6N2O2/c23-21(24,25)18-9-14(29)5-7-16(18)17-8-6-15(10-19(17)22(26,27)28)30-20(32)13-3-1-12(11-31)2-4-13/h1-11H,29H2,(H,30,32). The number of amides is 1. The van der Waals surface area contributed by atoms with Crippen LogP contribution in [0.25, 0.3) is 11.1 Å².